The van der Waals surface area contributed by atoms with Crippen LogP contribution >= 0.6 is 0 Å². The first-order valence-corrected chi connectivity index (χ1v) is 14.8. The lowest BCUT2D eigenvalue weighted by atomic mass is 10.00. The number of benzene rings is 3. The molecule has 0 aromatic heterocycles. The predicted molar refractivity (Wildman–Crippen MR) is 173 cm³/mol. The molecule has 0 aliphatic heterocycles. The molecule has 0 saturated heterocycles. The van der Waals surface area contributed by atoms with E-state index in [4.69, 9.17) is 5.11 Å². The van der Waals surface area contributed by atoms with Crippen LogP contribution in [0.3, 0.4) is 0 Å². The summed E-state index contributed by atoms with van der Waals surface area (Å²) in [7, 11) is 0. The molecule has 0 spiro atoms. The summed E-state index contributed by atoms with van der Waals surface area (Å²) in [4.78, 5) is 71.4. The highest BCUT2D eigenvalue weighted by atomic mass is 16.6. The van der Waals surface area contributed by atoms with Gasteiger partial charge in [-0.1, -0.05) is 50.2 Å². The number of hydrogen-bond donors (Lipinski definition) is 6. The number of aliphatic carboxylic acids is 2. The number of anilines is 2. The first-order valence-electron chi connectivity index (χ1n) is 14.8. The summed E-state index contributed by atoms with van der Waals surface area (Å²) >= 11 is 0. The average molecular weight is 648 g/mol. The van der Waals surface area contributed by atoms with E-state index in [9.17, 15) is 39.2 Å². The van der Waals surface area contributed by atoms with E-state index >= 15 is 0 Å². The number of rotatable bonds is 16. The van der Waals surface area contributed by atoms with Crippen molar-refractivity contribution >= 4 is 46.8 Å². The van der Waals surface area contributed by atoms with Gasteiger partial charge >= 0.3 is 18.0 Å². The molecule has 0 heterocycles. The number of carbonyl (C=O) groups excluding carboxylic acids is 3. The van der Waals surface area contributed by atoms with Gasteiger partial charge in [0.2, 0.25) is 11.8 Å². The van der Waals surface area contributed by atoms with Crippen molar-refractivity contribution in [3.05, 3.63) is 99.6 Å². The van der Waals surface area contributed by atoms with Crippen molar-refractivity contribution < 1.29 is 39.1 Å². The molecule has 3 rings (SSSR count). The lowest BCUT2D eigenvalue weighted by Crippen LogP contribution is -2.52. The Morgan fingerprint density at radius 3 is 1.79 bits per heavy atom. The minimum atomic E-state index is -1.25. The number of nitro groups is 1. The molecule has 0 bridgehead atoms. The third-order valence-electron chi connectivity index (χ3n) is 6.98. The zero-order valence-electron chi connectivity index (χ0n) is 25.9. The second-order valence-electron chi connectivity index (χ2n) is 11.3. The molecule has 3 aromatic carbocycles. The third-order valence-corrected chi connectivity index (χ3v) is 6.98. The molecule has 3 aromatic rings. The molecule has 47 heavy (non-hydrogen) atoms. The van der Waals surface area contributed by atoms with Crippen LogP contribution in [0.25, 0.3) is 0 Å². The van der Waals surface area contributed by atoms with Gasteiger partial charge in [-0.15, -0.1) is 0 Å². The Hall–Kier alpha value is -5.79. The maximum Gasteiger partial charge on any atom is 0.326 e. The topological polar surface area (TPSA) is 217 Å². The molecule has 0 radical (unpaired) electrons. The van der Waals surface area contributed by atoms with Gasteiger partial charge in [-0.2, -0.15) is 0 Å². The van der Waals surface area contributed by atoms with Gasteiger partial charge in [-0.3, -0.25) is 24.5 Å². The number of carboxylic acid groups (broad SMARTS) is 2. The Kier molecular flexibility index (Phi) is 12.9. The quantitative estimate of drug-likeness (QED) is 0.0971. The second kappa shape index (κ2) is 17.1. The zero-order valence-corrected chi connectivity index (χ0v) is 25.9. The highest BCUT2D eigenvalue weighted by molar-refractivity contribution is 5.99. The van der Waals surface area contributed by atoms with Crippen molar-refractivity contribution in [1.29, 1.82) is 0 Å². The van der Waals surface area contributed by atoms with E-state index in [0.29, 0.717) is 28.9 Å². The van der Waals surface area contributed by atoms with E-state index in [0.717, 1.165) is 5.56 Å². The fourth-order valence-corrected chi connectivity index (χ4v) is 4.60. The van der Waals surface area contributed by atoms with Gasteiger partial charge in [0.05, 0.1) is 11.3 Å². The van der Waals surface area contributed by atoms with Crippen LogP contribution < -0.4 is 21.3 Å². The van der Waals surface area contributed by atoms with Crippen molar-refractivity contribution in [2.75, 3.05) is 10.6 Å². The lowest BCUT2D eigenvalue weighted by Gasteiger charge is -2.23. The molecular weight excluding hydrogens is 610 g/mol. The fraction of sp³-hybridized carbons (Fsp3) is 0.303. The largest absolute Gasteiger partial charge is 0.481 e. The summed E-state index contributed by atoms with van der Waals surface area (Å²) in [5, 5.41) is 39.9. The van der Waals surface area contributed by atoms with Gasteiger partial charge < -0.3 is 31.5 Å². The van der Waals surface area contributed by atoms with E-state index in [1.165, 1.54) is 24.3 Å². The number of carboxylic acids is 2. The average Bonchev–Trinajstić information content (AvgIpc) is 3.00. The summed E-state index contributed by atoms with van der Waals surface area (Å²) in [6, 6.07) is 15.8. The van der Waals surface area contributed by atoms with E-state index in [2.05, 4.69) is 21.3 Å². The maximum atomic E-state index is 13.2. The molecule has 0 aliphatic rings. The number of nitro benzene ring substituents is 1. The summed E-state index contributed by atoms with van der Waals surface area (Å²) in [5.74, 6) is -3.22. The SMILES string of the molecule is CC(C)CC(NC(=O)Cc1ccc(NC(=O)Nc2ccc([N+](=O)[O-])cc2)cc1)C(=O)NC(Cc1ccc(CCC(=O)O)cc1)C(=O)O. The Morgan fingerprint density at radius 1 is 0.745 bits per heavy atom. The van der Waals surface area contributed by atoms with Crippen LogP contribution in [0.2, 0.25) is 0 Å². The van der Waals surface area contributed by atoms with Crippen molar-refractivity contribution in [3.8, 4) is 0 Å². The molecular formula is C33H37N5O9. The second-order valence-corrected chi connectivity index (χ2v) is 11.3. The number of non-ortho nitro benzene ring substituents is 1. The van der Waals surface area contributed by atoms with Gasteiger partial charge in [0.15, 0.2) is 0 Å². The Balaban J connectivity index is 1.55. The number of carbonyl (C=O) groups is 5. The first kappa shape index (κ1) is 35.7. The zero-order chi connectivity index (χ0) is 34.5. The van der Waals surface area contributed by atoms with Crippen LogP contribution in [-0.2, 0) is 38.4 Å². The van der Waals surface area contributed by atoms with Crippen LogP contribution in [0.4, 0.5) is 21.9 Å². The van der Waals surface area contributed by atoms with Crippen molar-refractivity contribution in [1.82, 2.24) is 10.6 Å². The van der Waals surface area contributed by atoms with Crippen LogP contribution in [0.15, 0.2) is 72.8 Å². The molecule has 0 fully saturated rings. The predicted octanol–water partition coefficient (Wildman–Crippen LogP) is 4.14. The summed E-state index contributed by atoms with van der Waals surface area (Å²) in [5.41, 5.74) is 2.72. The number of aryl methyl sites for hydroxylation is 1. The highest BCUT2D eigenvalue weighted by Crippen LogP contribution is 2.17. The summed E-state index contributed by atoms with van der Waals surface area (Å²) in [6.07, 6.45) is 0.512. The van der Waals surface area contributed by atoms with Crippen LogP contribution in [0.1, 0.15) is 43.4 Å². The smallest absolute Gasteiger partial charge is 0.326 e. The van der Waals surface area contributed by atoms with Gasteiger partial charge in [-0.05, 0) is 59.7 Å². The Morgan fingerprint density at radius 2 is 1.28 bits per heavy atom. The molecule has 2 unspecified atom stereocenters. The fourth-order valence-electron chi connectivity index (χ4n) is 4.60. The lowest BCUT2D eigenvalue weighted by molar-refractivity contribution is -0.384. The summed E-state index contributed by atoms with van der Waals surface area (Å²) < 4.78 is 0. The van der Waals surface area contributed by atoms with Crippen molar-refractivity contribution in [2.45, 2.75) is 58.0 Å². The molecule has 14 nitrogen and oxygen atoms in total. The number of amides is 4. The number of nitrogens with one attached hydrogen (secondary N) is 4. The molecule has 0 aliphatic carbocycles. The minimum Gasteiger partial charge on any atom is -0.481 e. The van der Waals surface area contributed by atoms with Gasteiger partial charge in [0.1, 0.15) is 12.1 Å². The van der Waals surface area contributed by atoms with Crippen LogP contribution in [-0.4, -0.2) is 57.0 Å². The Bertz CT molecular complexity index is 1570. The Labute approximate surface area is 270 Å². The van der Waals surface area contributed by atoms with Gasteiger partial charge in [-0.25, -0.2) is 9.59 Å². The normalized spacial score (nSPS) is 12.0. The number of urea groups is 1. The highest BCUT2D eigenvalue weighted by Gasteiger charge is 2.27. The summed E-state index contributed by atoms with van der Waals surface area (Å²) in [6.45, 7) is 3.74. The molecule has 14 heteroatoms. The van der Waals surface area contributed by atoms with Crippen molar-refractivity contribution in [2.24, 2.45) is 5.92 Å². The van der Waals surface area contributed by atoms with Crippen molar-refractivity contribution in [3.63, 3.8) is 0 Å². The van der Waals surface area contributed by atoms with Gasteiger partial charge in [0.25, 0.3) is 5.69 Å². The monoisotopic (exact) mass is 647 g/mol. The van der Waals surface area contributed by atoms with E-state index in [1.54, 1.807) is 48.5 Å². The third kappa shape index (κ3) is 12.3. The first-order chi connectivity index (χ1) is 22.3. The molecule has 0 saturated carbocycles. The standard InChI is InChI=1S/C33H37N5O9/c1-20(2)17-27(31(42)37-28(32(43)44)18-22-5-3-21(4-6-22)9-16-30(40)41)36-29(39)19-23-7-10-24(11-8-23)34-33(45)35-25-12-14-26(15-13-25)38(46)47/h3-8,10-15,20,27-28H,9,16-19H2,1-2H3,(H,36,39)(H,37,42)(H,40,41)(H,43,44)(H2,34,35,45). The number of nitrogens with zero attached hydrogens (tertiary/aromatic N) is 1. The minimum absolute atomic E-state index is 0.00505. The van der Waals surface area contributed by atoms with Crippen LogP contribution in [0, 0.1) is 16.0 Å². The molecule has 2 atom stereocenters. The van der Waals surface area contributed by atoms with E-state index in [1.807, 2.05) is 13.8 Å². The van der Waals surface area contributed by atoms with Crippen LogP contribution in [0.5, 0.6) is 0 Å². The molecule has 6 N–H and O–H groups in total. The van der Waals surface area contributed by atoms with Gasteiger partial charge in [0, 0.05) is 36.3 Å². The van der Waals surface area contributed by atoms with E-state index < -0.39 is 46.8 Å². The maximum absolute atomic E-state index is 13.2. The molecule has 4 amide bonds. The molecule has 248 valence electrons. The number of hydrogen-bond acceptors (Lipinski definition) is 7. The van der Waals surface area contributed by atoms with E-state index in [-0.39, 0.29) is 37.3 Å².